The number of carbonyl (C=O) groups is 1. The van der Waals surface area contributed by atoms with Gasteiger partial charge in [0.25, 0.3) is 0 Å². The van der Waals surface area contributed by atoms with Crippen LogP contribution in [-0.2, 0) is 4.74 Å². The Morgan fingerprint density at radius 1 is 1.22 bits per heavy atom. The van der Waals surface area contributed by atoms with Crippen molar-refractivity contribution < 1.29 is 9.53 Å². The van der Waals surface area contributed by atoms with E-state index in [1.807, 2.05) is 35.7 Å². The normalized spacial score (nSPS) is 10.9. The minimum absolute atomic E-state index is 0.339. The van der Waals surface area contributed by atoms with Gasteiger partial charge in [0.15, 0.2) is 0 Å². The van der Waals surface area contributed by atoms with E-state index < -0.39 is 0 Å². The molecule has 27 heavy (non-hydrogen) atoms. The number of esters is 1. The van der Waals surface area contributed by atoms with Crippen molar-refractivity contribution in [3.05, 3.63) is 76.7 Å². The predicted molar refractivity (Wildman–Crippen MR) is 107 cm³/mol. The summed E-state index contributed by atoms with van der Waals surface area (Å²) in [5, 5.41) is 15.1. The number of hydrogen-bond donors (Lipinski definition) is 1. The van der Waals surface area contributed by atoms with Gasteiger partial charge in [0.05, 0.1) is 17.9 Å². The maximum atomic E-state index is 11.7. The van der Waals surface area contributed by atoms with Crippen molar-refractivity contribution >= 4 is 28.6 Å². The third-order valence-electron chi connectivity index (χ3n) is 3.70. The molecule has 1 N–H and O–H groups in total. The number of nitriles is 1. The molecular weight excluding hydrogens is 358 g/mol. The predicted octanol–water partition coefficient (Wildman–Crippen LogP) is 4.96. The Morgan fingerprint density at radius 3 is 2.63 bits per heavy atom. The minimum atomic E-state index is -0.353. The fourth-order valence-corrected chi connectivity index (χ4v) is 3.15. The molecule has 0 fully saturated rings. The maximum Gasteiger partial charge on any atom is 0.338 e. The van der Waals surface area contributed by atoms with E-state index >= 15 is 0 Å². The van der Waals surface area contributed by atoms with E-state index in [0.29, 0.717) is 22.8 Å². The van der Waals surface area contributed by atoms with Crippen LogP contribution in [0.15, 0.2) is 66.2 Å². The first-order valence-electron chi connectivity index (χ1n) is 8.36. The SMILES string of the molecule is CCOC(=O)c1ccc(N/C=C(\C#N)c2nc(-c3ccccc3)cs2)cc1. The summed E-state index contributed by atoms with van der Waals surface area (Å²) in [4.78, 5) is 16.2. The van der Waals surface area contributed by atoms with E-state index in [-0.39, 0.29) is 5.97 Å². The number of ether oxygens (including phenoxy) is 1. The van der Waals surface area contributed by atoms with Crippen LogP contribution in [0.3, 0.4) is 0 Å². The summed E-state index contributed by atoms with van der Waals surface area (Å²) in [6, 6.07) is 18.9. The van der Waals surface area contributed by atoms with Crippen molar-refractivity contribution in [2.75, 3.05) is 11.9 Å². The molecule has 0 atom stereocenters. The summed E-state index contributed by atoms with van der Waals surface area (Å²) in [7, 11) is 0. The molecule has 2 aromatic carbocycles. The number of carbonyl (C=O) groups excluding carboxylic acids is 1. The molecule has 0 bridgehead atoms. The van der Waals surface area contributed by atoms with Gasteiger partial charge in [0.2, 0.25) is 0 Å². The largest absolute Gasteiger partial charge is 0.462 e. The molecular formula is C21H17N3O2S. The van der Waals surface area contributed by atoms with Gasteiger partial charge in [-0.25, -0.2) is 9.78 Å². The number of rotatable bonds is 6. The van der Waals surface area contributed by atoms with Gasteiger partial charge in [-0.2, -0.15) is 5.26 Å². The summed E-state index contributed by atoms with van der Waals surface area (Å²) < 4.78 is 4.96. The van der Waals surface area contributed by atoms with Crippen LogP contribution < -0.4 is 5.32 Å². The van der Waals surface area contributed by atoms with Crippen LogP contribution in [0, 0.1) is 11.3 Å². The highest BCUT2D eigenvalue weighted by molar-refractivity contribution is 7.11. The first-order chi connectivity index (χ1) is 13.2. The Labute approximate surface area is 161 Å². The minimum Gasteiger partial charge on any atom is -0.462 e. The third kappa shape index (κ3) is 4.60. The monoisotopic (exact) mass is 375 g/mol. The van der Waals surface area contributed by atoms with Gasteiger partial charge in [-0.15, -0.1) is 11.3 Å². The molecule has 6 heteroatoms. The van der Waals surface area contributed by atoms with Crippen molar-refractivity contribution in [2.45, 2.75) is 6.92 Å². The molecule has 1 heterocycles. The Morgan fingerprint density at radius 2 is 1.96 bits per heavy atom. The third-order valence-corrected chi connectivity index (χ3v) is 4.58. The van der Waals surface area contributed by atoms with Crippen LogP contribution in [0.1, 0.15) is 22.3 Å². The maximum absolute atomic E-state index is 11.7. The van der Waals surface area contributed by atoms with Crippen molar-refractivity contribution in [1.29, 1.82) is 5.26 Å². The number of aromatic nitrogens is 1. The molecule has 1 aromatic heterocycles. The van der Waals surface area contributed by atoms with Gasteiger partial charge in [-0.05, 0) is 31.2 Å². The van der Waals surface area contributed by atoms with Crippen LogP contribution in [0.4, 0.5) is 5.69 Å². The smallest absolute Gasteiger partial charge is 0.338 e. The van der Waals surface area contributed by atoms with Crippen LogP contribution in [0.25, 0.3) is 16.8 Å². The molecule has 0 amide bonds. The number of thiazole rings is 1. The summed E-state index contributed by atoms with van der Waals surface area (Å²) >= 11 is 1.42. The summed E-state index contributed by atoms with van der Waals surface area (Å²) in [6.07, 6.45) is 1.62. The lowest BCUT2D eigenvalue weighted by Gasteiger charge is -2.04. The second-order valence-corrected chi connectivity index (χ2v) is 6.37. The van der Waals surface area contributed by atoms with Gasteiger partial charge >= 0.3 is 5.97 Å². The van der Waals surface area contributed by atoms with Crippen molar-refractivity contribution in [3.8, 4) is 17.3 Å². The Bertz CT molecular complexity index is 986. The van der Waals surface area contributed by atoms with Crippen LogP contribution >= 0.6 is 11.3 Å². The average molecular weight is 375 g/mol. The number of allylic oxidation sites excluding steroid dienone is 1. The number of nitrogens with one attached hydrogen (secondary N) is 1. The summed E-state index contributed by atoms with van der Waals surface area (Å²) in [5.74, 6) is -0.353. The Hall–Kier alpha value is -3.43. The lowest BCUT2D eigenvalue weighted by atomic mass is 10.2. The number of benzene rings is 2. The standard InChI is InChI=1S/C21H17N3O2S/c1-2-26-21(25)16-8-10-18(11-9-16)23-13-17(12-22)20-24-19(14-27-20)15-6-4-3-5-7-15/h3-11,13-14,23H,2H2,1H3/b17-13+. The van der Waals surface area contributed by atoms with Crippen LogP contribution in [0.2, 0.25) is 0 Å². The number of nitrogens with zero attached hydrogens (tertiary/aromatic N) is 2. The zero-order chi connectivity index (χ0) is 19.1. The van der Waals surface area contributed by atoms with E-state index in [2.05, 4.69) is 16.4 Å². The van der Waals surface area contributed by atoms with Gasteiger partial charge in [0.1, 0.15) is 16.6 Å². The van der Waals surface area contributed by atoms with Gasteiger partial charge in [0, 0.05) is 22.8 Å². The average Bonchev–Trinajstić information content (AvgIpc) is 3.20. The highest BCUT2D eigenvalue weighted by Gasteiger charge is 2.09. The highest BCUT2D eigenvalue weighted by Crippen LogP contribution is 2.26. The molecule has 0 aliphatic heterocycles. The second kappa shape index (κ2) is 8.79. The molecule has 5 nitrogen and oxygen atoms in total. The van der Waals surface area contributed by atoms with Crippen molar-refractivity contribution in [1.82, 2.24) is 4.98 Å². The van der Waals surface area contributed by atoms with E-state index in [1.54, 1.807) is 37.4 Å². The molecule has 3 aromatic rings. The van der Waals surface area contributed by atoms with Crippen LogP contribution in [-0.4, -0.2) is 17.6 Å². The molecule has 3 rings (SSSR count). The van der Waals surface area contributed by atoms with Crippen molar-refractivity contribution in [3.63, 3.8) is 0 Å². The van der Waals surface area contributed by atoms with E-state index in [4.69, 9.17) is 4.74 Å². The molecule has 0 aliphatic rings. The van der Waals surface area contributed by atoms with E-state index in [9.17, 15) is 10.1 Å². The lowest BCUT2D eigenvalue weighted by molar-refractivity contribution is 0.0526. The lowest BCUT2D eigenvalue weighted by Crippen LogP contribution is -2.04. The first kappa shape index (κ1) is 18.4. The van der Waals surface area contributed by atoms with Gasteiger partial charge in [-0.1, -0.05) is 30.3 Å². The second-order valence-electron chi connectivity index (χ2n) is 5.52. The molecule has 0 saturated heterocycles. The van der Waals surface area contributed by atoms with Crippen LogP contribution in [0.5, 0.6) is 0 Å². The zero-order valence-corrected chi connectivity index (χ0v) is 15.5. The quantitative estimate of drug-likeness (QED) is 0.487. The number of hydrogen-bond acceptors (Lipinski definition) is 6. The van der Waals surface area contributed by atoms with Gasteiger partial charge in [-0.3, -0.25) is 0 Å². The topological polar surface area (TPSA) is 75.0 Å². The first-order valence-corrected chi connectivity index (χ1v) is 9.24. The molecule has 0 aliphatic carbocycles. The highest BCUT2D eigenvalue weighted by atomic mass is 32.1. The molecule has 0 unspecified atom stereocenters. The van der Waals surface area contributed by atoms with Crippen molar-refractivity contribution in [2.24, 2.45) is 0 Å². The van der Waals surface area contributed by atoms with E-state index in [0.717, 1.165) is 16.9 Å². The van der Waals surface area contributed by atoms with E-state index in [1.165, 1.54) is 11.3 Å². The molecule has 0 saturated carbocycles. The molecule has 134 valence electrons. The summed E-state index contributed by atoms with van der Waals surface area (Å²) in [5.41, 5.74) is 3.54. The Kier molecular flexibility index (Phi) is 5.98. The zero-order valence-electron chi connectivity index (χ0n) is 14.7. The fourth-order valence-electron chi connectivity index (χ4n) is 2.35. The Balaban J connectivity index is 1.73. The number of anilines is 1. The molecule has 0 spiro atoms. The van der Waals surface area contributed by atoms with Gasteiger partial charge < -0.3 is 10.1 Å². The molecule has 0 radical (unpaired) electrons. The summed E-state index contributed by atoms with van der Waals surface area (Å²) in [6.45, 7) is 2.11. The fraction of sp³-hybridized carbons (Fsp3) is 0.0952.